The molecular weight excluding hydrogens is 325 g/mol. The van der Waals surface area contributed by atoms with Crippen LogP contribution in [0.1, 0.15) is 41.5 Å². The van der Waals surface area contributed by atoms with E-state index < -0.39 is 23.6 Å². The van der Waals surface area contributed by atoms with Crippen molar-refractivity contribution in [2.45, 2.75) is 33.6 Å². The summed E-state index contributed by atoms with van der Waals surface area (Å²) in [5.41, 5.74) is 1.96. The fraction of sp³-hybridized carbons (Fsp3) is 0.389. The number of rotatable bonds is 7. The number of nitrogens with one attached hydrogen (secondary N) is 1. The molecule has 1 unspecified atom stereocenters. The second-order valence-corrected chi connectivity index (χ2v) is 6.04. The van der Waals surface area contributed by atoms with E-state index in [2.05, 4.69) is 10.4 Å². The van der Waals surface area contributed by atoms with E-state index in [1.54, 1.807) is 0 Å². The molecule has 2 N–H and O–H groups in total. The van der Waals surface area contributed by atoms with Crippen LogP contribution in [0.3, 0.4) is 0 Å². The Morgan fingerprint density at radius 3 is 2.56 bits per heavy atom. The van der Waals surface area contributed by atoms with E-state index >= 15 is 0 Å². The number of hydrogen-bond donors (Lipinski definition) is 2. The second kappa shape index (κ2) is 7.92. The first kappa shape index (κ1) is 18.6. The zero-order valence-electron chi connectivity index (χ0n) is 14.5. The molecule has 0 spiro atoms. The normalized spacial score (nSPS) is 12.0. The molecule has 7 heteroatoms. The SMILES string of the molecule is CCCC(CNC(=O)c1ccc(-n2nc(C)cc2C)c(F)c1)C(=O)O. The van der Waals surface area contributed by atoms with Gasteiger partial charge in [-0.15, -0.1) is 0 Å². The number of aryl methyl sites for hydroxylation is 2. The lowest BCUT2D eigenvalue weighted by Crippen LogP contribution is -2.33. The highest BCUT2D eigenvalue weighted by molar-refractivity contribution is 5.94. The summed E-state index contributed by atoms with van der Waals surface area (Å²) in [5, 5.41) is 15.9. The third-order valence-electron chi connectivity index (χ3n) is 3.94. The van der Waals surface area contributed by atoms with Crippen molar-refractivity contribution < 1.29 is 19.1 Å². The molecule has 0 saturated carbocycles. The van der Waals surface area contributed by atoms with E-state index in [-0.39, 0.29) is 17.8 Å². The molecule has 0 aliphatic rings. The highest BCUT2D eigenvalue weighted by Gasteiger charge is 2.18. The van der Waals surface area contributed by atoms with Crippen LogP contribution in [0.5, 0.6) is 0 Å². The van der Waals surface area contributed by atoms with E-state index in [9.17, 15) is 14.0 Å². The van der Waals surface area contributed by atoms with Gasteiger partial charge >= 0.3 is 5.97 Å². The molecule has 0 radical (unpaired) electrons. The summed E-state index contributed by atoms with van der Waals surface area (Å²) >= 11 is 0. The number of aliphatic carboxylic acids is 1. The fourth-order valence-electron chi connectivity index (χ4n) is 2.67. The van der Waals surface area contributed by atoms with Crippen molar-refractivity contribution in [3.63, 3.8) is 0 Å². The van der Waals surface area contributed by atoms with Gasteiger partial charge in [-0.2, -0.15) is 5.10 Å². The molecule has 1 heterocycles. The average Bonchev–Trinajstić information content (AvgIpc) is 2.89. The van der Waals surface area contributed by atoms with Gasteiger partial charge in [0.05, 0.1) is 11.6 Å². The number of carboxylic acids is 1. The van der Waals surface area contributed by atoms with Crippen LogP contribution in [-0.4, -0.2) is 33.3 Å². The third-order valence-corrected chi connectivity index (χ3v) is 3.94. The first-order chi connectivity index (χ1) is 11.8. The van der Waals surface area contributed by atoms with Crippen LogP contribution < -0.4 is 5.32 Å². The molecule has 25 heavy (non-hydrogen) atoms. The summed E-state index contributed by atoms with van der Waals surface area (Å²) in [6.45, 7) is 5.53. The van der Waals surface area contributed by atoms with Gasteiger partial charge in [0, 0.05) is 17.8 Å². The summed E-state index contributed by atoms with van der Waals surface area (Å²) in [4.78, 5) is 23.3. The van der Waals surface area contributed by atoms with Gasteiger partial charge in [0.25, 0.3) is 5.91 Å². The maximum Gasteiger partial charge on any atom is 0.308 e. The highest BCUT2D eigenvalue weighted by Crippen LogP contribution is 2.17. The van der Waals surface area contributed by atoms with Gasteiger partial charge in [0.1, 0.15) is 11.5 Å². The fourth-order valence-corrected chi connectivity index (χ4v) is 2.67. The van der Waals surface area contributed by atoms with Gasteiger partial charge < -0.3 is 10.4 Å². The van der Waals surface area contributed by atoms with Crippen LogP contribution in [0.15, 0.2) is 24.3 Å². The first-order valence-corrected chi connectivity index (χ1v) is 8.17. The van der Waals surface area contributed by atoms with Crippen LogP contribution in [0.4, 0.5) is 4.39 Å². The minimum Gasteiger partial charge on any atom is -0.481 e. The van der Waals surface area contributed by atoms with Gasteiger partial charge in [-0.25, -0.2) is 9.07 Å². The Labute approximate surface area is 145 Å². The summed E-state index contributed by atoms with van der Waals surface area (Å²) in [6.07, 6.45) is 1.18. The van der Waals surface area contributed by atoms with Gasteiger partial charge in [0.15, 0.2) is 0 Å². The number of carboxylic acid groups (broad SMARTS) is 1. The summed E-state index contributed by atoms with van der Waals surface area (Å²) in [5.74, 6) is -2.66. The summed E-state index contributed by atoms with van der Waals surface area (Å²) in [6, 6.07) is 5.96. The van der Waals surface area contributed by atoms with Gasteiger partial charge in [-0.05, 0) is 44.5 Å². The number of carbonyl (C=O) groups excluding carboxylic acids is 1. The Kier molecular flexibility index (Phi) is 5.90. The summed E-state index contributed by atoms with van der Waals surface area (Å²) in [7, 11) is 0. The molecule has 0 aliphatic heterocycles. The molecule has 1 amide bonds. The van der Waals surface area contributed by atoms with Crippen LogP contribution in [0.2, 0.25) is 0 Å². The standard InChI is InChI=1S/C18H22FN3O3/c1-4-5-14(18(24)25)10-20-17(23)13-6-7-16(15(19)9-13)22-12(3)8-11(2)21-22/h6-9,14H,4-5,10H2,1-3H3,(H,20,23)(H,24,25). The lowest BCUT2D eigenvalue weighted by Gasteiger charge is -2.13. The lowest BCUT2D eigenvalue weighted by molar-refractivity contribution is -0.141. The number of nitrogens with zero attached hydrogens (tertiary/aromatic N) is 2. The van der Waals surface area contributed by atoms with Crippen molar-refractivity contribution in [2.24, 2.45) is 5.92 Å². The highest BCUT2D eigenvalue weighted by atomic mass is 19.1. The van der Waals surface area contributed by atoms with Crippen molar-refractivity contribution in [3.05, 3.63) is 47.0 Å². The molecule has 0 aliphatic carbocycles. The molecule has 2 aromatic rings. The van der Waals surface area contributed by atoms with Crippen molar-refractivity contribution in [1.82, 2.24) is 15.1 Å². The molecule has 1 aromatic carbocycles. The predicted molar refractivity (Wildman–Crippen MR) is 91.4 cm³/mol. The Bertz CT molecular complexity index is 786. The Hall–Kier alpha value is -2.70. The minimum atomic E-state index is -0.951. The van der Waals surface area contributed by atoms with Crippen molar-refractivity contribution in [1.29, 1.82) is 0 Å². The molecule has 0 fully saturated rings. The molecule has 134 valence electrons. The van der Waals surface area contributed by atoms with E-state index in [0.29, 0.717) is 12.8 Å². The Balaban J connectivity index is 2.13. The Morgan fingerprint density at radius 1 is 1.32 bits per heavy atom. The van der Waals surface area contributed by atoms with Gasteiger partial charge in [-0.1, -0.05) is 13.3 Å². The summed E-state index contributed by atoms with van der Waals surface area (Å²) < 4.78 is 15.9. The molecule has 0 bridgehead atoms. The topological polar surface area (TPSA) is 84.2 Å². The molecular formula is C18H22FN3O3. The van der Waals surface area contributed by atoms with Crippen LogP contribution in [-0.2, 0) is 4.79 Å². The maximum absolute atomic E-state index is 14.4. The smallest absolute Gasteiger partial charge is 0.308 e. The van der Waals surface area contributed by atoms with Crippen LogP contribution in [0, 0.1) is 25.6 Å². The van der Waals surface area contributed by atoms with E-state index in [0.717, 1.165) is 17.5 Å². The quantitative estimate of drug-likeness (QED) is 0.807. The van der Waals surface area contributed by atoms with E-state index in [1.165, 1.54) is 16.8 Å². The predicted octanol–water partition coefficient (Wildman–Crippen LogP) is 2.86. The number of halogens is 1. The zero-order valence-corrected chi connectivity index (χ0v) is 14.5. The van der Waals surface area contributed by atoms with Crippen LogP contribution >= 0.6 is 0 Å². The number of benzene rings is 1. The average molecular weight is 347 g/mol. The largest absolute Gasteiger partial charge is 0.481 e. The molecule has 1 atom stereocenters. The van der Waals surface area contributed by atoms with Crippen molar-refractivity contribution >= 4 is 11.9 Å². The number of hydrogen-bond acceptors (Lipinski definition) is 3. The molecule has 1 aromatic heterocycles. The van der Waals surface area contributed by atoms with Gasteiger partial charge in [-0.3, -0.25) is 9.59 Å². The zero-order chi connectivity index (χ0) is 18.6. The Morgan fingerprint density at radius 2 is 2.04 bits per heavy atom. The molecule has 0 saturated heterocycles. The lowest BCUT2D eigenvalue weighted by atomic mass is 10.0. The maximum atomic E-state index is 14.4. The van der Waals surface area contributed by atoms with Crippen molar-refractivity contribution in [3.8, 4) is 5.69 Å². The van der Waals surface area contributed by atoms with E-state index in [1.807, 2.05) is 26.8 Å². The first-order valence-electron chi connectivity index (χ1n) is 8.17. The third kappa shape index (κ3) is 4.43. The monoisotopic (exact) mass is 347 g/mol. The number of carbonyl (C=O) groups is 2. The van der Waals surface area contributed by atoms with Crippen LogP contribution in [0.25, 0.3) is 5.69 Å². The minimum absolute atomic E-state index is 0.0167. The van der Waals surface area contributed by atoms with Crippen molar-refractivity contribution in [2.75, 3.05) is 6.54 Å². The number of amides is 1. The molecule has 6 nitrogen and oxygen atoms in total. The molecule has 2 rings (SSSR count). The van der Waals surface area contributed by atoms with E-state index in [4.69, 9.17) is 5.11 Å². The number of aromatic nitrogens is 2. The second-order valence-electron chi connectivity index (χ2n) is 6.04. The van der Waals surface area contributed by atoms with Gasteiger partial charge in [0.2, 0.25) is 0 Å².